The van der Waals surface area contributed by atoms with E-state index in [0.29, 0.717) is 5.69 Å². The van der Waals surface area contributed by atoms with Crippen molar-refractivity contribution in [1.29, 1.82) is 0 Å². The number of hydrogen-bond acceptors (Lipinski definition) is 2. The molecular weight excluding hydrogens is 296 g/mol. The third-order valence-electron chi connectivity index (χ3n) is 3.66. The van der Waals surface area contributed by atoms with E-state index in [1.807, 2.05) is 19.3 Å². The first-order chi connectivity index (χ1) is 8.61. The molecule has 1 aromatic heterocycles. The molecule has 0 bridgehead atoms. The highest BCUT2D eigenvalue weighted by Crippen LogP contribution is 2.24. The Morgan fingerprint density at radius 1 is 1.56 bits per heavy atom. The lowest BCUT2D eigenvalue weighted by Crippen LogP contribution is -2.43. The van der Waals surface area contributed by atoms with Crippen LogP contribution < -0.4 is 5.32 Å². The molecule has 5 heteroatoms. The Morgan fingerprint density at radius 2 is 2.28 bits per heavy atom. The quantitative estimate of drug-likeness (QED) is 0.897. The fraction of sp³-hybridized carbons (Fsp3) is 0.615. The molecule has 4 nitrogen and oxygen atoms in total. The maximum atomic E-state index is 12.2. The number of rotatable bonds is 3. The average molecular weight is 315 g/mol. The lowest BCUT2D eigenvalue weighted by Gasteiger charge is -2.30. The molecule has 1 aromatic rings. The molecule has 0 spiro atoms. The fourth-order valence-corrected chi connectivity index (χ4v) is 3.13. The number of halogens is 1. The highest BCUT2D eigenvalue weighted by atomic mass is 79.9. The second-order valence-electron chi connectivity index (χ2n) is 4.96. The summed E-state index contributed by atoms with van der Waals surface area (Å²) in [6.45, 7) is 0.155. The van der Waals surface area contributed by atoms with Crippen molar-refractivity contribution in [2.45, 2.75) is 31.7 Å². The van der Waals surface area contributed by atoms with Crippen molar-refractivity contribution < 1.29 is 9.90 Å². The zero-order valence-electron chi connectivity index (χ0n) is 10.5. The largest absolute Gasteiger partial charge is 0.396 e. The number of amides is 1. The van der Waals surface area contributed by atoms with E-state index in [-0.39, 0.29) is 24.5 Å². The van der Waals surface area contributed by atoms with Crippen molar-refractivity contribution in [3.05, 3.63) is 22.4 Å². The van der Waals surface area contributed by atoms with Gasteiger partial charge in [0.05, 0.1) is 0 Å². The summed E-state index contributed by atoms with van der Waals surface area (Å²) in [6, 6.07) is 1.91. The third-order valence-corrected chi connectivity index (χ3v) is 4.10. The first kappa shape index (κ1) is 13.6. The Morgan fingerprint density at radius 3 is 2.89 bits per heavy atom. The van der Waals surface area contributed by atoms with Crippen molar-refractivity contribution in [2.75, 3.05) is 6.61 Å². The molecule has 1 aliphatic carbocycles. The van der Waals surface area contributed by atoms with Gasteiger partial charge in [-0.15, -0.1) is 0 Å². The predicted molar refractivity (Wildman–Crippen MR) is 73.4 cm³/mol. The second-order valence-corrected chi connectivity index (χ2v) is 5.88. The van der Waals surface area contributed by atoms with Crippen molar-refractivity contribution in [1.82, 2.24) is 9.88 Å². The van der Waals surface area contributed by atoms with Gasteiger partial charge in [-0.1, -0.05) is 12.8 Å². The van der Waals surface area contributed by atoms with Crippen molar-refractivity contribution in [3.8, 4) is 0 Å². The molecule has 0 saturated heterocycles. The van der Waals surface area contributed by atoms with Gasteiger partial charge in [0.1, 0.15) is 5.69 Å². The average Bonchev–Trinajstić information content (AvgIpc) is 2.69. The van der Waals surface area contributed by atoms with Crippen LogP contribution >= 0.6 is 15.9 Å². The van der Waals surface area contributed by atoms with Gasteiger partial charge in [-0.05, 0) is 34.8 Å². The standard InChI is InChI=1S/C13H19BrN2O2/c1-16-7-10(14)6-12(16)13(18)15-11-5-3-2-4-9(11)8-17/h6-7,9,11,17H,2-5,8H2,1H3,(H,15,18). The fourth-order valence-electron chi connectivity index (χ4n) is 2.61. The number of carbonyl (C=O) groups excluding carboxylic acids is 1. The highest BCUT2D eigenvalue weighted by molar-refractivity contribution is 9.10. The molecule has 1 aliphatic rings. The molecule has 1 saturated carbocycles. The molecule has 100 valence electrons. The van der Waals surface area contributed by atoms with Gasteiger partial charge in [0.15, 0.2) is 0 Å². The van der Waals surface area contributed by atoms with E-state index < -0.39 is 0 Å². The van der Waals surface area contributed by atoms with Gasteiger partial charge in [-0.2, -0.15) is 0 Å². The minimum atomic E-state index is -0.0615. The molecule has 0 aliphatic heterocycles. The summed E-state index contributed by atoms with van der Waals surface area (Å²) in [5, 5.41) is 12.4. The summed E-state index contributed by atoms with van der Waals surface area (Å²) in [5.41, 5.74) is 0.643. The number of aliphatic hydroxyl groups excluding tert-OH is 1. The molecule has 1 amide bonds. The maximum absolute atomic E-state index is 12.2. The predicted octanol–water partition coefficient (Wildman–Crippen LogP) is 2.07. The monoisotopic (exact) mass is 314 g/mol. The Balaban J connectivity index is 2.04. The van der Waals surface area contributed by atoms with Crippen LogP contribution in [0.25, 0.3) is 0 Å². The summed E-state index contributed by atoms with van der Waals surface area (Å²) < 4.78 is 2.70. The smallest absolute Gasteiger partial charge is 0.268 e. The molecule has 1 fully saturated rings. The molecule has 0 aromatic carbocycles. The van der Waals surface area contributed by atoms with Crippen LogP contribution in [-0.2, 0) is 7.05 Å². The van der Waals surface area contributed by atoms with Gasteiger partial charge >= 0.3 is 0 Å². The lowest BCUT2D eigenvalue weighted by atomic mass is 9.85. The van der Waals surface area contributed by atoms with Gasteiger partial charge in [0, 0.05) is 36.3 Å². The minimum Gasteiger partial charge on any atom is -0.396 e. The van der Waals surface area contributed by atoms with Crippen LogP contribution in [0, 0.1) is 5.92 Å². The van der Waals surface area contributed by atoms with E-state index >= 15 is 0 Å². The molecule has 0 radical (unpaired) electrons. The lowest BCUT2D eigenvalue weighted by molar-refractivity contribution is 0.0864. The van der Waals surface area contributed by atoms with Crippen LogP contribution in [0.3, 0.4) is 0 Å². The Labute approximate surface area is 116 Å². The number of carbonyl (C=O) groups is 1. The van der Waals surface area contributed by atoms with E-state index in [4.69, 9.17) is 0 Å². The zero-order valence-corrected chi connectivity index (χ0v) is 12.1. The maximum Gasteiger partial charge on any atom is 0.268 e. The van der Waals surface area contributed by atoms with Gasteiger partial charge in [-0.25, -0.2) is 0 Å². The van der Waals surface area contributed by atoms with Crippen molar-refractivity contribution in [2.24, 2.45) is 13.0 Å². The number of aromatic nitrogens is 1. The zero-order chi connectivity index (χ0) is 13.1. The number of hydrogen-bond donors (Lipinski definition) is 2. The molecular formula is C13H19BrN2O2. The van der Waals surface area contributed by atoms with E-state index in [1.165, 1.54) is 0 Å². The molecule has 1 heterocycles. The summed E-state index contributed by atoms with van der Waals surface area (Å²) >= 11 is 3.36. The highest BCUT2D eigenvalue weighted by Gasteiger charge is 2.26. The van der Waals surface area contributed by atoms with E-state index in [1.54, 1.807) is 4.57 Å². The molecule has 2 atom stereocenters. The van der Waals surface area contributed by atoms with Crippen LogP contribution in [0.4, 0.5) is 0 Å². The third kappa shape index (κ3) is 2.95. The number of nitrogens with zero attached hydrogens (tertiary/aromatic N) is 1. The van der Waals surface area contributed by atoms with Crippen molar-refractivity contribution >= 4 is 21.8 Å². The van der Waals surface area contributed by atoms with Gasteiger partial charge < -0.3 is 15.0 Å². The van der Waals surface area contributed by atoms with Crippen LogP contribution in [0.1, 0.15) is 36.2 Å². The minimum absolute atomic E-state index is 0.0615. The first-order valence-corrected chi connectivity index (χ1v) is 7.14. The van der Waals surface area contributed by atoms with Gasteiger partial charge in [0.25, 0.3) is 5.91 Å². The number of aliphatic hydroxyl groups is 1. The van der Waals surface area contributed by atoms with Crippen LogP contribution in [-0.4, -0.2) is 28.2 Å². The van der Waals surface area contributed by atoms with Crippen LogP contribution in [0.2, 0.25) is 0 Å². The summed E-state index contributed by atoms with van der Waals surface area (Å²) in [7, 11) is 1.85. The Kier molecular flexibility index (Phi) is 4.45. The Hall–Kier alpha value is -0.810. The summed E-state index contributed by atoms with van der Waals surface area (Å²) in [6.07, 6.45) is 6.09. The summed E-state index contributed by atoms with van der Waals surface area (Å²) in [4.78, 5) is 12.2. The van der Waals surface area contributed by atoms with E-state index in [2.05, 4.69) is 21.2 Å². The topological polar surface area (TPSA) is 54.3 Å². The summed E-state index contributed by atoms with van der Waals surface area (Å²) in [5.74, 6) is 0.139. The first-order valence-electron chi connectivity index (χ1n) is 6.35. The normalized spacial score (nSPS) is 23.9. The van der Waals surface area contributed by atoms with Gasteiger partial charge in [0.2, 0.25) is 0 Å². The number of nitrogens with one attached hydrogen (secondary N) is 1. The Bertz CT molecular complexity index is 431. The van der Waals surface area contributed by atoms with Gasteiger partial charge in [-0.3, -0.25) is 4.79 Å². The molecule has 2 unspecified atom stereocenters. The van der Waals surface area contributed by atoms with Crippen molar-refractivity contribution in [3.63, 3.8) is 0 Å². The SMILES string of the molecule is Cn1cc(Br)cc1C(=O)NC1CCCCC1CO. The van der Waals surface area contributed by atoms with Crippen LogP contribution in [0.15, 0.2) is 16.7 Å². The molecule has 18 heavy (non-hydrogen) atoms. The van der Waals surface area contributed by atoms with E-state index in [0.717, 1.165) is 30.2 Å². The van der Waals surface area contributed by atoms with Crippen LogP contribution in [0.5, 0.6) is 0 Å². The van der Waals surface area contributed by atoms with E-state index in [9.17, 15) is 9.90 Å². The number of aryl methyl sites for hydroxylation is 1. The second kappa shape index (κ2) is 5.89. The molecule has 2 rings (SSSR count). The molecule has 2 N–H and O–H groups in total.